The number of nitrogens with zero attached hydrogens (tertiary/aromatic N) is 1. The zero-order chi connectivity index (χ0) is 18.8. The highest BCUT2D eigenvalue weighted by molar-refractivity contribution is 7.89. The average molecular weight is 369 g/mol. The van der Waals surface area contributed by atoms with Crippen LogP contribution in [-0.4, -0.2) is 38.4 Å². The summed E-state index contributed by atoms with van der Waals surface area (Å²) < 4.78 is 27.7. The second-order valence-electron chi connectivity index (χ2n) is 7.00. The van der Waals surface area contributed by atoms with Crippen LogP contribution < -0.4 is 16.2 Å². The Balaban J connectivity index is 1.97. The molecular weight excluding hydrogens is 340 g/mol. The number of benzene rings is 1. The van der Waals surface area contributed by atoms with E-state index in [-0.39, 0.29) is 34.5 Å². The summed E-state index contributed by atoms with van der Waals surface area (Å²) in [6.07, 6.45) is 2.66. The highest BCUT2D eigenvalue weighted by atomic mass is 32.2. The lowest BCUT2D eigenvalue weighted by atomic mass is 9.85. The third-order valence-corrected chi connectivity index (χ3v) is 6.41. The zero-order valence-corrected chi connectivity index (χ0v) is 15.8. The van der Waals surface area contributed by atoms with Crippen molar-refractivity contribution in [3.05, 3.63) is 18.2 Å². The molecule has 0 spiro atoms. The molecule has 7 nitrogen and oxygen atoms in total. The Morgan fingerprint density at radius 1 is 1.16 bits per heavy atom. The molecule has 0 bridgehead atoms. The van der Waals surface area contributed by atoms with Gasteiger partial charge in [0, 0.05) is 25.0 Å². The lowest BCUT2D eigenvalue weighted by Crippen LogP contribution is -2.42. The van der Waals surface area contributed by atoms with Crippen molar-refractivity contribution < 1.29 is 13.2 Å². The Kier molecular flexibility index (Phi) is 5.95. The number of nitrogen functional groups attached to an aromatic ring is 2. The number of nitrogens with one attached hydrogen (secondary N) is 1. The van der Waals surface area contributed by atoms with E-state index in [1.54, 1.807) is 4.90 Å². The molecule has 140 valence electrons. The van der Waals surface area contributed by atoms with Gasteiger partial charge in [-0.2, -0.15) is 0 Å². The summed E-state index contributed by atoms with van der Waals surface area (Å²) in [7, 11) is -1.83. The molecule has 0 unspecified atom stereocenters. The molecule has 25 heavy (non-hydrogen) atoms. The fourth-order valence-corrected chi connectivity index (χ4v) is 4.35. The molecule has 0 atom stereocenters. The molecule has 1 aromatic rings. The number of nitrogens with two attached hydrogens (primary N) is 2. The maximum absolute atomic E-state index is 12.5. The number of hydrogen-bond donors (Lipinski definition) is 3. The van der Waals surface area contributed by atoms with Crippen molar-refractivity contribution in [1.82, 2.24) is 9.62 Å². The lowest BCUT2D eigenvalue weighted by molar-refractivity contribution is -0.136. The van der Waals surface area contributed by atoms with Crippen LogP contribution >= 0.6 is 0 Å². The standard InChI is InChI=1S/C17H28N4O3S/c1-11(2)21(3)17(22)12-4-6-13(7-5-12)20-25(23,24)14-8-9-15(18)16(19)10-14/h8-13,20H,4-7,18-19H2,1-3H3. The van der Waals surface area contributed by atoms with Crippen LogP contribution in [0.15, 0.2) is 23.1 Å². The predicted octanol–water partition coefficient (Wildman–Crippen LogP) is 1.55. The molecule has 1 aromatic carbocycles. The third kappa shape index (κ3) is 4.64. The van der Waals surface area contributed by atoms with Crippen molar-refractivity contribution >= 4 is 27.3 Å². The maximum Gasteiger partial charge on any atom is 0.240 e. The zero-order valence-electron chi connectivity index (χ0n) is 15.0. The summed E-state index contributed by atoms with van der Waals surface area (Å²) in [5.41, 5.74) is 11.9. The van der Waals surface area contributed by atoms with E-state index in [1.165, 1.54) is 18.2 Å². The van der Waals surface area contributed by atoms with Gasteiger partial charge < -0.3 is 16.4 Å². The van der Waals surface area contributed by atoms with E-state index in [4.69, 9.17) is 11.5 Å². The molecule has 0 aliphatic heterocycles. The molecule has 1 saturated carbocycles. The van der Waals surface area contributed by atoms with E-state index in [1.807, 2.05) is 20.9 Å². The van der Waals surface area contributed by atoms with Gasteiger partial charge in [0.2, 0.25) is 15.9 Å². The van der Waals surface area contributed by atoms with Crippen LogP contribution in [0.25, 0.3) is 0 Å². The highest BCUT2D eigenvalue weighted by Gasteiger charge is 2.31. The van der Waals surface area contributed by atoms with Gasteiger partial charge in [-0.15, -0.1) is 0 Å². The van der Waals surface area contributed by atoms with Crippen LogP contribution in [-0.2, 0) is 14.8 Å². The summed E-state index contributed by atoms with van der Waals surface area (Å²) in [6, 6.07) is 4.30. The normalized spacial score (nSPS) is 21.3. The van der Waals surface area contributed by atoms with Crippen LogP contribution in [0, 0.1) is 5.92 Å². The van der Waals surface area contributed by atoms with E-state index in [0.717, 1.165) is 0 Å². The second kappa shape index (κ2) is 7.61. The minimum absolute atomic E-state index is 0.0275. The fourth-order valence-electron chi connectivity index (χ4n) is 3.01. The SMILES string of the molecule is CC(C)N(C)C(=O)C1CCC(NS(=O)(=O)c2ccc(N)c(N)c2)CC1. The van der Waals surface area contributed by atoms with Crippen molar-refractivity contribution in [2.24, 2.45) is 5.92 Å². The van der Waals surface area contributed by atoms with Gasteiger partial charge in [-0.05, 0) is 57.7 Å². The van der Waals surface area contributed by atoms with Crippen molar-refractivity contribution in [3.63, 3.8) is 0 Å². The number of anilines is 2. The Hall–Kier alpha value is -1.80. The molecule has 8 heteroatoms. The Morgan fingerprint density at radius 2 is 1.76 bits per heavy atom. The summed E-state index contributed by atoms with van der Waals surface area (Å²) in [5.74, 6) is 0.114. The number of carbonyl (C=O) groups is 1. The van der Waals surface area contributed by atoms with Gasteiger partial charge in [-0.25, -0.2) is 13.1 Å². The number of carbonyl (C=O) groups excluding carboxylic acids is 1. The number of amides is 1. The first-order valence-electron chi connectivity index (χ1n) is 8.56. The molecule has 0 radical (unpaired) electrons. The quantitative estimate of drug-likeness (QED) is 0.682. The maximum atomic E-state index is 12.5. The monoisotopic (exact) mass is 368 g/mol. The van der Waals surface area contributed by atoms with Crippen molar-refractivity contribution in [2.75, 3.05) is 18.5 Å². The fraction of sp³-hybridized carbons (Fsp3) is 0.588. The molecule has 0 aromatic heterocycles. The molecular formula is C17H28N4O3S. The van der Waals surface area contributed by atoms with Gasteiger partial charge in [0.25, 0.3) is 0 Å². The largest absolute Gasteiger partial charge is 0.397 e. The Bertz CT molecular complexity index is 725. The number of rotatable bonds is 5. The van der Waals surface area contributed by atoms with Crippen LogP contribution in [0.3, 0.4) is 0 Å². The van der Waals surface area contributed by atoms with Crippen LogP contribution in [0.5, 0.6) is 0 Å². The first kappa shape index (κ1) is 19.5. The van der Waals surface area contributed by atoms with Gasteiger partial charge in [-0.3, -0.25) is 4.79 Å². The van der Waals surface area contributed by atoms with Crippen molar-refractivity contribution in [3.8, 4) is 0 Å². The molecule has 2 rings (SSSR count). The van der Waals surface area contributed by atoms with E-state index < -0.39 is 10.0 Å². The van der Waals surface area contributed by atoms with Gasteiger partial charge in [0.1, 0.15) is 0 Å². The van der Waals surface area contributed by atoms with Gasteiger partial charge >= 0.3 is 0 Å². The first-order valence-corrected chi connectivity index (χ1v) is 10.0. The topological polar surface area (TPSA) is 119 Å². The molecule has 1 amide bonds. The predicted molar refractivity (Wildman–Crippen MR) is 99.2 cm³/mol. The van der Waals surface area contributed by atoms with E-state index in [9.17, 15) is 13.2 Å². The van der Waals surface area contributed by atoms with Gasteiger partial charge in [-0.1, -0.05) is 0 Å². The molecule has 0 saturated heterocycles. The Labute approximate surface area is 149 Å². The van der Waals surface area contributed by atoms with Crippen molar-refractivity contribution in [2.45, 2.75) is 56.5 Å². The highest BCUT2D eigenvalue weighted by Crippen LogP contribution is 2.28. The van der Waals surface area contributed by atoms with Crippen LogP contribution in [0.1, 0.15) is 39.5 Å². The van der Waals surface area contributed by atoms with Gasteiger partial charge in [0.05, 0.1) is 16.3 Å². The van der Waals surface area contributed by atoms with Gasteiger partial charge in [0.15, 0.2) is 0 Å². The minimum Gasteiger partial charge on any atom is -0.397 e. The summed E-state index contributed by atoms with van der Waals surface area (Å²) in [4.78, 5) is 14.2. The van der Waals surface area contributed by atoms with Crippen molar-refractivity contribution in [1.29, 1.82) is 0 Å². The number of sulfonamides is 1. The van der Waals surface area contributed by atoms with E-state index in [0.29, 0.717) is 31.4 Å². The minimum atomic E-state index is -3.65. The smallest absolute Gasteiger partial charge is 0.240 e. The molecule has 1 aliphatic carbocycles. The van der Waals surface area contributed by atoms with Crippen LogP contribution in [0.4, 0.5) is 11.4 Å². The Morgan fingerprint density at radius 3 is 2.28 bits per heavy atom. The summed E-state index contributed by atoms with van der Waals surface area (Å²) in [6.45, 7) is 3.96. The van der Waals surface area contributed by atoms with E-state index in [2.05, 4.69) is 4.72 Å². The summed E-state index contributed by atoms with van der Waals surface area (Å²) in [5, 5.41) is 0. The van der Waals surface area contributed by atoms with Crippen LogP contribution in [0.2, 0.25) is 0 Å². The molecule has 1 aliphatic rings. The summed E-state index contributed by atoms with van der Waals surface area (Å²) >= 11 is 0. The molecule has 5 N–H and O–H groups in total. The molecule has 0 heterocycles. The van der Waals surface area contributed by atoms with E-state index >= 15 is 0 Å². The lowest BCUT2D eigenvalue weighted by Gasteiger charge is -2.32. The number of hydrogen-bond acceptors (Lipinski definition) is 5. The third-order valence-electron chi connectivity index (χ3n) is 4.89. The molecule has 1 fully saturated rings. The second-order valence-corrected chi connectivity index (χ2v) is 8.72. The average Bonchev–Trinajstić information content (AvgIpc) is 2.56. The first-order chi connectivity index (χ1) is 11.6.